The third-order valence-corrected chi connectivity index (χ3v) is 5.50. The fourth-order valence-electron chi connectivity index (χ4n) is 3.55. The highest BCUT2D eigenvalue weighted by Gasteiger charge is 2.25. The van der Waals surface area contributed by atoms with Crippen molar-refractivity contribution in [3.63, 3.8) is 0 Å². The van der Waals surface area contributed by atoms with Gasteiger partial charge in [0.1, 0.15) is 30.8 Å². The van der Waals surface area contributed by atoms with Crippen molar-refractivity contribution in [3.8, 4) is 11.5 Å². The van der Waals surface area contributed by atoms with Crippen LogP contribution in [-0.4, -0.2) is 44.5 Å². The Labute approximate surface area is 216 Å². The first-order chi connectivity index (χ1) is 17.9. The van der Waals surface area contributed by atoms with Crippen molar-refractivity contribution in [2.45, 2.75) is 19.4 Å². The molecule has 0 saturated carbocycles. The molecule has 2 aromatic carbocycles. The number of methoxy groups -OCH3 is 1. The molecule has 4 aliphatic rings. The van der Waals surface area contributed by atoms with Gasteiger partial charge in [-0.2, -0.15) is 0 Å². The number of esters is 1. The highest BCUT2D eigenvalue weighted by Crippen LogP contribution is 2.24. The van der Waals surface area contributed by atoms with Crippen LogP contribution in [0, 0.1) is 5.41 Å². The Morgan fingerprint density at radius 3 is 2.43 bits per heavy atom. The molecule has 1 atom stereocenters. The van der Waals surface area contributed by atoms with Crippen molar-refractivity contribution in [2.24, 2.45) is 0 Å². The molecule has 4 heterocycles. The van der Waals surface area contributed by atoms with Crippen molar-refractivity contribution in [3.05, 3.63) is 102 Å². The van der Waals surface area contributed by atoms with E-state index in [-0.39, 0.29) is 12.0 Å². The molecule has 6 rings (SSSR count). The lowest BCUT2D eigenvalue weighted by atomic mass is 10.0. The number of ether oxygens (including phenoxy) is 3. The molecule has 8 nitrogen and oxygen atoms in total. The standard InChI is InChI=1S/C29H31N3O5/c1-4-5-8-25-20(2)31-26-14-13-24(18-22(26)19-30)37-16-7-6-15-36-23-11-9-21(10-12-23)17-27(29(34)35-3)32-28(25)33/h4-14,18-19,27,30-31H,2,15-17H2,1,3H3,(H,32,33)/b5-4-,7-6+,25-8+,30-19?. The molecule has 37 heavy (non-hydrogen) atoms. The topological polar surface area (TPSA) is 110 Å². The summed E-state index contributed by atoms with van der Waals surface area (Å²) in [6.45, 7) is 6.56. The first kappa shape index (κ1) is 27.0. The summed E-state index contributed by atoms with van der Waals surface area (Å²) in [5.41, 5.74) is 2.47. The largest absolute Gasteiger partial charge is 0.490 e. The monoisotopic (exact) mass is 501 g/mol. The summed E-state index contributed by atoms with van der Waals surface area (Å²) in [5.74, 6) is 0.191. The van der Waals surface area contributed by atoms with Crippen molar-refractivity contribution in [1.82, 2.24) is 5.32 Å². The zero-order valence-electron chi connectivity index (χ0n) is 21.0. The second-order valence-electron chi connectivity index (χ2n) is 8.09. The lowest BCUT2D eigenvalue weighted by Crippen LogP contribution is -2.44. The summed E-state index contributed by atoms with van der Waals surface area (Å²) in [7, 11) is 1.28. The smallest absolute Gasteiger partial charge is 0.328 e. The summed E-state index contributed by atoms with van der Waals surface area (Å²) in [6, 6.07) is 11.6. The molecule has 4 aliphatic heterocycles. The van der Waals surface area contributed by atoms with Crippen LogP contribution in [0.3, 0.4) is 0 Å². The van der Waals surface area contributed by atoms with E-state index in [0.29, 0.717) is 41.7 Å². The van der Waals surface area contributed by atoms with Gasteiger partial charge in [0.25, 0.3) is 5.91 Å². The molecule has 0 fully saturated rings. The van der Waals surface area contributed by atoms with Crippen molar-refractivity contribution in [1.29, 1.82) is 5.41 Å². The third kappa shape index (κ3) is 7.70. The number of allylic oxidation sites excluding steroid dienone is 3. The summed E-state index contributed by atoms with van der Waals surface area (Å²) in [4.78, 5) is 25.9. The zero-order chi connectivity index (χ0) is 26.6. The summed E-state index contributed by atoms with van der Waals surface area (Å²) >= 11 is 0. The van der Waals surface area contributed by atoms with Gasteiger partial charge >= 0.3 is 5.97 Å². The van der Waals surface area contributed by atoms with Crippen LogP contribution < -0.4 is 20.1 Å². The number of rotatable bonds is 3. The quantitative estimate of drug-likeness (QED) is 0.250. The SMILES string of the molecule is C=C1Nc2ccc(cc2C=N)OC/C=C/COc2ccc(cc2)CC(C(=O)OC)NC(=O)/C1=C/C=C\C. The van der Waals surface area contributed by atoms with Crippen LogP contribution in [0.5, 0.6) is 11.5 Å². The van der Waals surface area contributed by atoms with Gasteiger partial charge < -0.3 is 30.3 Å². The first-order valence-electron chi connectivity index (χ1n) is 11.8. The van der Waals surface area contributed by atoms with E-state index in [4.69, 9.17) is 19.6 Å². The van der Waals surface area contributed by atoms with Crippen molar-refractivity contribution >= 4 is 23.8 Å². The maximum absolute atomic E-state index is 13.3. The molecule has 0 aromatic heterocycles. The van der Waals surface area contributed by atoms with Crippen LogP contribution in [0.1, 0.15) is 18.1 Å². The van der Waals surface area contributed by atoms with Gasteiger partial charge in [-0.3, -0.25) is 4.79 Å². The molecule has 1 unspecified atom stereocenters. The van der Waals surface area contributed by atoms with Gasteiger partial charge in [0.05, 0.1) is 12.7 Å². The second kappa shape index (κ2) is 13.5. The van der Waals surface area contributed by atoms with Gasteiger partial charge in [-0.25, -0.2) is 4.79 Å². The van der Waals surface area contributed by atoms with Crippen LogP contribution in [0.4, 0.5) is 5.69 Å². The van der Waals surface area contributed by atoms with Crippen molar-refractivity contribution in [2.75, 3.05) is 25.6 Å². The molecule has 2 aromatic rings. The van der Waals surface area contributed by atoms with Gasteiger partial charge in [-0.15, -0.1) is 0 Å². The van der Waals surface area contributed by atoms with Crippen LogP contribution in [-0.2, 0) is 20.7 Å². The van der Waals surface area contributed by atoms with Gasteiger partial charge in [0.15, 0.2) is 0 Å². The van der Waals surface area contributed by atoms with Gasteiger partial charge in [-0.05, 0) is 61.0 Å². The maximum Gasteiger partial charge on any atom is 0.328 e. The minimum absolute atomic E-state index is 0.225. The van der Waals surface area contributed by atoms with E-state index in [9.17, 15) is 9.59 Å². The minimum Gasteiger partial charge on any atom is -0.490 e. The van der Waals surface area contributed by atoms with E-state index in [1.165, 1.54) is 13.3 Å². The van der Waals surface area contributed by atoms with E-state index in [0.717, 1.165) is 5.56 Å². The first-order valence-corrected chi connectivity index (χ1v) is 11.8. The highest BCUT2D eigenvalue weighted by molar-refractivity contribution is 6.01. The molecule has 1 amide bonds. The van der Waals surface area contributed by atoms with Gasteiger partial charge in [0.2, 0.25) is 0 Å². The molecule has 0 saturated heterocycles. The normalized spacial score (nSPS) is 18.8. The van der Waals surface area contributed by atoms with Gasteiger partial charge in [0, 0.05) is 29.6 Å². The van der Waals surface area contributed by atoms with Crippen LogP contribution in [0.2, 0.25) is 0 Å². The predicted molar refractivity (Wildman–Crippen MR) is 144 cm³/mol. The van der Waals surface area contributed by atoms with Crippen LogP contribution in [0.25, 0.3) is 0 Å². The van der Waals surface area contributed by atoms with E-state index in [2.05, 4.69) is 17.2 Å². The third-order valence-electron chi connectivity index (χ3n) is 5.50. The predicted octanol–water partition coefficient (Wildman–Crippen LogP) is 4.34. The average molecular weight is 502 g/mol. The molecule has 0 aliphatic carbocycles. The second-order valence-corrected chi connectivity index (χ2v) is 8.09. The number of anilines is 1. The molecule has 4 bridgehead atoms. The van der Waals surface area contributed by atoms with Crippen molar-refractivity contribution < 1.29 is 23.8 Å². The number of hydrogen-bond donors (Lipinski definition) is 3. The average Bonchev–Trinajstić information content (AvgIpc) is 2.91. The maximum atomic E-state index is 13.3. The number of amides is 1. The van der Waals surface area contributed by atoms with E-state index in [1.54, 1.807) is 36.4 Å². The van der Waals surface area contributed by atoms with Crippen LogP contribution >= 0.6 is 0 Å². The zero-order valence-corrected chi connectivity index (χ0v) is 21.0. The Morgan fingerprint density at radius 2 is 1.78 bits per heavy atom. The molecule has 8 heteroatoms. The van der Waals surface area contributed by atoms with E-state index < -0.39 is 17.9 Å². The highest BCUT2D eigenvalue weighted by atomic mass is 16.5. The number of carbonyl (C=O) groups excluding carboxylic acids is 2. The molecule has 0 spiro atoms. The number of nitrogens with one attached hydrogen (secondary N) is 3. The summed E-state index contributed by atoms with van der Waals surface area (Å²) in [6.07, 6.45) is 10.2. The molecular formula is C29H31N3O5. The lowest BCUT2D eigenvalue weighted by Gasteiger charge is -2.20. The molecule has 3 N–H and O–H groups in total. The fourth-order valence-corrected chi connectivity index (χ4v) is 3.55. The Morgan fingerprint density at radius 1 is 1.11 bits per heavy atom. The Bertz CT molecular complexity index is 1230. The molecule has 0 radical (unpaired) electrons. The lowest BCUT2D eigenvalue weighted by molar-refractivity contribution is -0.144. The van der Waals surface area contributed by atoms with E-state index >= 15 is 0 Å². The fraction of sp³-hybridized carbons (Fsp3) is 0.207. The number of benzene rings is 2. The van der Waals surface area contributed by atoms with Crippen LogP contribution in [0.15, 0.2) is 90.7 Å². The minimum atomic E-state index is -0.920. The molecular weight excluding hydrogens is 470 g/mol. The summed E-state index contributed by atoms with van der Waals surface area (Å²) < 4.78 is 16.4. The Hall–Kier alpha value is -4.59. The number of hydrogen-bond acceptors (Lipinski definition) is 7. The molecule has 192 valence electrons. The van der Waals surface area contributed by atoms with Gasteiger partial charge in [-0.1, -0.05) is 30.9 Å². The van der Waals surface area contributed by atoms with E-state index in [1.807, 2.05) is 43.3 Å². The Balaban J connectivity index is 1.98. The number of carbonyl (C=O) groups is 2. The Kier molecular flexibility index (Phi) is 9.84. The summed E-state index contributed by atoms with van der Waals surface area (Å²) in [5, 5.41) is 13.7.